The second kappa shape index (κ2) is 14.3. The highest BCUT2D eigenvalue weighted by atomic mass is 32.1. The van der Waals surface area contributed by atoms with Gasteiger partial charge in [-0.15, -0.1) is 11.3 Å². The highest BCUT2D eigenvalue weighted by Crippen LogP contribution is 2.24. The summed E-state index contributed by atoms with van der Waals surface area (Å²) in [6.45, 7) is 5.56. The first-order chi connectivity index (χ1) is 20.6. The number of nitrogens with one attached hydrogen (secondary N) is 2. The molecule has 2 N–H and O–H groups in total. The predicted molar refractivity (Wildman–Crippen MR) is 168 cm³/mol. The molecular formula is C33H33N3O6S. The van der Waals surface area contributed by atoms with Crippen LogP contribution in [0.4, 0.5) is 10.5 Å². The monoisotopic (exact) mass is 599 g/mol. The number of rotatable bonds is 10. The molecule has 0 aliphatic carbocycles. The second-order valence-electron chi connectivity index (χ2n) is 10.4. The number of benzene rings is 3. The van der Waals surface area contributed by atoms with Crippen LogP contribution in [-0.4, -0.2) is 48.8 Å². The molecule has 0 bridgehead atoms. The second-order valence-corrected chi connectivity index (χ2v) is 11.3. The normalized spacial score (nSPS) is 11.2. The fraction of sp³-hybridized carbons (Fsp3) is 0.212. The third-order valence-electron chi connectivity index (χ3n) is 5.78. The van der Waals surface area contributed by atoms with Crippen molar-refractivity contribution < 1.29 is 28.6 Å². The van der Waals surface area contributed by atoms with E-state index < -0.39 is 23.6 Å². The van der Waals surface area contributed by atoms with E-state index in [1.807, 2.05) is 66.1 Å². The standard InChI is InChI=1S/C33H33N3O6S/c1-33(2,3)42-32(39)34-15-16-41-27-19-24(18-25(20-27)31(38)40-4)30(37)35-26-12-8-9-22(17-26)13-14-29-36-28(21-43-29)23-10-6-5-7-11-23/h5-14,17-21H,15-16H2,1-4H3,(H,34,39)(H,35,37). The van der Waals surface area contributed by atoms with Crippen LogP contribution in [-0.2, 0) is 9.47 Å². The molecule has 4 rings (SSSR count). The minimum absolute atomic E-state index is 0.0885. The van der Waals surface area contributed by atoms with Gasteiger partial charge in [0.15, 0.2) is 0 Å². The van der Waals surface area contributed by atoms with Gasteiger partial charge in [0, 0.05) is 22.2 Å². The van der Waals surface area contributed by atoms with Crippen LogP contribution in [0.25, 0.3) is 23.4 Å². The van der Waals surface area contributed by atoms with Crippen LogP contribution in [0.5, 0.6) is 5.75 Å². The first-order valence-electron chi connectivity index (χ1n) is 13.5. The van der Waals surface area contributed by atoms with Crippen LogP contribution in [0.3, 0.4) is 0 Å². The van der Waals surface area contributed by atoms with Crippen molar-refractivity contribution in [2.45, 2.75) is 26.4 Å². The van der Waals surface area contributed by atoms with E-state index in [4.69, 9.17) is 14.2 Å². The van der Waals surface area contributed by atoms with Crippen molar-refractivity contribution in [3.8, 4) is 17.0 Å². The molecule has 0 aliphatic heterocycles. The van der Waals surface area contributed by atoms with E-state index >= 15 is 0 Å². The first-order valence-corrected chi connectivity index (χ1v) is 14.4. The van der Waals surface area contributed by atoms with Gasteiger partial charge in [0.1, 0.15) is 23.0 Å². The Balaban J connectivity index is 1.41. The molecule has 1 aromatic heterocycles. The van der Waals surface area contributed by atoms with Crippen LogP contribution in [0.1, 0.15) is 52.1 Å². The molecule has 0 fully saturated rings. The quantitative estimate of drug-likeness (QED) is 0.150. The number of hydrogen-bond donors (Lipinski definition) is 2. The number of carbonyl (C=O) groups excluding carboxylic acids is 3. The summed E-state index contributed by atoms with van der Waals surface area (Å²) in [6, 6.07) is 21.8. The van der Waals surface area contributed by atoms with Gasteiger partial charge in [-0.2, -0.15) is 0 Å². The van der Waals surface area contributed by atoms with Crippen molar-refractivity contribution in [3.05, 3.63) is 99.9 Å². The number of ether oxygens (including phenoxy) is 3. The number of nitrogens with zero attached hydrogens (tertiary/aromatic N) is 1. The van der Waals surface area contributed by atoms with Crippen molar-refractivity contribution in [2.75, 3.05) is 25.6 Å². The van der Waals surface area contributed by atoms with Crippen LogP contribution in [0.2, 0.25) is 0 Å². The van der Waals surface area contributed by atoms with Crippen molar-refractivity contribution in [2.24, 2.45) is 0 Å². The Hall–Kier alpha value is -4.96. The van der Waals surface area contributed by atoms with E-state index in [-0.39, 0.29) is 30.0 Å². The lowest BCUT2D eigenvalue weighted by Crippen LogP contribution is -2.34. The van der Waals surface area contributed by atoms with Gasteiger partial charge in [0.2, 0.25) is 0 Å². The third-order valence-corrected chi connectivity index (χ3v) is 6.59. The van der Waals surface area contributed by atoms with Gasteiger partial charge in [-0.3, -0.25) is 4.79 Å². The molecule has 222 valence electrons. The topological polar surface area (TPSA) is 116 Å². The average molecular weight is 600 g/mol. The molecule has 0 unspecified atom stereocenters. The maximum atomic E-state index is 13.2. The molecule has 9 nitrogen and oxygen atoms in total. The minimum Gasteiger partial charge on any atom is -0.492 e. The average Bonchev–Trinajstić information content (AvgIpc) is 3.47. The lowest BCUT2D eigenvalue weighted by molar-refractivity contribution is 0.0519. The highest BCUT2D eigenvalue weighted by molar-refractivity contribution is 7.10. The Bertz CT molecular complexity index is 1610. The number of esters is 1. The molecule has 0 atom stereocenters. The number of alkyl carbamates (subject to hydrolysis) is 1. The number of amides is 2. The zero-order valence-electron chi connectivity index (χ0n) is 24.4. The van der Waals surface area contributed by atoms with Gasteiger partial charge < -0.3 is 24.8 Å². The van der Waals surface area contributed by atoms with Gasteiger partial charge in [0.25, 0.3) is 5.91 Å². The Morgan fingerprint density at radius 3 is 2.44 bits per heavy atom. The summed E-state index contributed by atoms with van der Waals surface area (Å²) in [5.74, 6) is -0.777. The molecule has 0 saturated heterocycles. The summed E-state index contributed by atoms with van der Waals surface area (Å²) in [6.07, 6.45) is 3.29. The van der Waals surface area contributed by atoms with Gasteiger partial charge in [-0.1, -0.05) is 48.5 Å². The number of anilines is 1. The zero-order valence-corrected chi connectivity index (χ0v) is 25.2. The van der Waals surface area contributed by atoms with E-state index in [1.54, 1.807) is 38.2 Å². The lowest BCUT2D eigenvalue weighted by atomic mass is 10.1. The molecule has 0 saturated carbocycles. The van der Waals surface area contributed by atoms with Crippen molar-refractivity contribution in [1.29, 1.82) is 0 Å². The lowest BCUT2D eigenvalue weighted by Gasteiger charge is -2.19. The summed E-state index contributed by atoms with van der Waals surface area (Å²) in [7, 11) is 1.26. The molecule has 43 heavy (non-hydrogen) atoms. The third kappa shape index (κ3) is 9.54. The molecular weight excluding hydrogens is 566 g/mol. The molecule has 0 aliphatic rings. The number of carbonyl (C=O) groups is 3. The van der Waals surface area contributed by atoms with Crippen LogP contribution >= 0.6 is 11.3 Å². The Kier molecular flexibility index (Phi) is 10.3. The van der Waals surface area contributed by atoms with E-state index in [0.29, 0.717) is 5.69 Å². The van der Waals surface area contributed by atoms with Gasteiger partial charge in [0.05, 0.1) is 24.9 Å². The van der Waals surface area contributed by atoms with E-state index in [1.165, 1.54) is 25.3 Å². The van der Waals surface area contributed by atoms with E-state index in [2.05, 4.69) is 15.6 Å². The largest absolute Gasteiger partial charge is 0.492 e. The first kappa shape index (κ1) is 31.0. The van der Waals surface area contributed by atoms with Crippen molar-refractivity contribution in [1.82, 2.24) is 10.3 Å². The summed E-state index contributed by atoms with van der Waals surface area (Å²) in [5, 5.41) is 8.35. The molecule has 3 aromatic carbocycles. The van der Waals surface area contributed by atoms with Crippen molar-refractivity contribution in [3.63, 3.8) is 0 Å². The number of hydrogen-bond acceptors (Lipinski definition) is 8. The summed E-state index contributed by atoms with van der Waals surface area (Å²) < 4.78 is 15.8. The number of aromatic nitrogens is 1. The van der Waals surface area contributed by atoms with Gasteiger partial charge in [-0.05, 0) is 62.7 Å². The van der Waals surface area contributed by atoms with Gasteiger partial charge >= 0.3 is 12.1 Å². The number of methoxy groups -OCH3 is 1. The molecule has 10 heteroatoms. The van der Waals surface area contributed by atoms with E-state index in [0.717, 1.165) is 21.8 Å². The van der Waals surface area contributed by atoms with Crippen LogP contribution < -0.4 is 15.4 Å². The molecule has 0 spiro atoms. The highest BCUT2D eigenvalue weighted by Gasteiger charge is 2.17. The summed E-state index contributed by atoms with van der Waals surface area (Å²) in [4.78, 5) is 42.0. The fourth-order valence-corrected chi connectivity index (χ4v) is 4.60. The Morgan fingerprint density at radius 2 is 1.70 bits per heavy atom. The van der Waals surface area contributed by atoms with Crippen LogP contribution in [0, 0.1) is 0 Å². The maximum Gasteiger partial charge on any atom is 0.407 e. The van der Waals surface area contributed by atoms with Crippen molar-refractivity contribution >= 4 is 47.1 Å². The Labute approximate surface area is 254 Å². The predicted octanol–water partition coefficient (Wildman–Crippen LogP) is 6.92. The number of thiazole rings is 1. The van der Waals surface area contributed by atoms with E-state index in [9.17, 15) is 14.4 Å². The molecule has 1 heterocycles. The minimum atomic E-state index is -0.619. The summed E-state index contributed by atoms with van der Waals surface area (Å²) >= 11 is 1.55. The summed E-state index contributed by atoms with van der Waals surface area (Å²) in [5.41, 5.74) is 3.16. The van der Waals surface area contributed by atoms with Gasteiger partial charge in [-0.25, -0.2) is 14.6 Å². The molecule has 2 amide bonds. The fourth-order valence-electron chi connectivity index (χ4n) is 3.88. The SMILES string of the molecule is COC(=O)c1cc(OCCNC(=O)OC(C)(C)C)cc(C(=O)Nc2cccc(C=Cc3nc(-c4ccccc4)cs3)c2)c1. The molecule has 4 aromatic rings. The smallest absolute Gasteiger partial charge is 0.407 e. The Morgan fingerprint density at radius 1 is 0.930 bits per heavy atom. The molecule has 0 radical (unpaired) electrons. The maximum absolute atomic E-state index is 13.2. The zero-order chi connectivity index (χ0) is 30.8. The van der Waals surface area contributed by atoms with Crippen LogP contribution in [0.15, 0.2) is 78.2 Å².